The number of rotatable bonds is 2. The van der Waals surface area contributed by atoms with E-state index in [1.165, 1.54) is 0 Å². The number of nitrogens with one attached hydrogen (secondary N) is 1. The predicted molar refractivity (Wildman–Crippen MR) is 87.9 cm³/mol. The molecule has 5 nitrogen and oxygen atoms in total. The van der Waals surface area contributed by atoms with Crippen molar-refractivity contribution in [1.29, 1.82) is 0 Å². The van der Waals surface area contributed by atoms with Gasteiger partial charge in [0.25, 0.3) is 0 Å². The summed E-state index contributed by atoms with van der Waals surface area (Å²) in [5, 5.41) is 3.59. The van der Waals surface area contributed by atoms with E-state index in [-0.39, 0.29) is 0 Å². The quantitative estimate of drug-likeness (QED) is 0.825. The van der Waals surface area contributed by atoms with Gasteiger partial charge in [-0.15, -0.1) is 0 Å². The van der Waals surface area contributed by atoms with E-state index in [2.05, 4.69) is 5.32 Å². The Morgan fingerprint density at radius 3 is 2.38 bits per heavy atom. The van der Waals surface area contributed by atoms with Gasteiger partial charge in [0.05, 0.1) is 4.90 Å². The molecule has 1 aromatic carbocycles. The van der Waals surface area contributed by atoms with Crippen LogP contribution in [0.3, 0.4) is 0 Å². The lowest BCUT2D eigenvalue weighted by Crippen LogP contribution is -2.52. The molecule has 1 N–H and O–H groups in total. The van der Waals surface area contributed by atoms with Crippen LogP contribution >= 0.6 is 12.2 Å². The minimum Gasteiger partial charge on any atom is -0.366 e. The van der Waals surface area contributed by atoms with Crippen LogP contribution in [0.2, 0.25) is 0 Å². The maximum atomic E-state index is 12.8. The third kappa shape index (κ3) is 3.36. The molecule has 0 aromatic heterocycles. The Morgan fingerprint density at radius 2 is 1.81 bits per heavy atom. The second kappa shape index (κ2) is 6.29. The molecule has 0 saturated carbocycles. The molecule has 0 unspecified atom stereocenters. The summed E-state index contributed by atoms with van der Waals surface area (Å²) in [6, 6.07) is 5.53. The number of nitrogens with zero attached hydrogens (tertiary/aromatic N) is 2. The number of hydrogen-bond donors (Lipinski definition) is 1. The number of piperazine rings is 1. The van der Waals surface area contributed by atoms with Crippen LogP contribution < -0.4 is 5.32 Å². The Labute approximate surface area is 132 Å². The van der Waals surface area contributed by atoms with E-state index in [1.807, 2.05) is 30.9 Å². The number of aryl methyl sites for hydroxylation is 2. The lowest BCUT2D eigenvalue weighted by molar-refractivity contribution is 0.265. The van der Waals surface area contributed by atoms with Crippen LogP contribution in [0.25, 0.3) is 0 Å². The Morgan fingerprint density at radius 1 is 1.19 bits per heavy atom. The van der Waals surface area contributed by atoms with Gasteiger partial charge < -0.3 is 10.2 Å². The summed E-state index contributed by atoms with van der Waals surface area (Å²) in [5.41, 5.74) is 1.74. The fraction of sp³-hybridized carbons (Fsp3) is 0.500. The molecule has 1 fully saturated rings. The molecule has 0 radical (unpaired) electrons. The summed E-state index contributed by atoms with van der Waals surface area (Å²) in [5.74, 6) is 0. The first-order valence-electron chi connectivity index (χ1n) is 6.90. The normalized spacial score (nSPS) is 16.8. The molecule has 0 bridgehead atoms. The summed E-state index contributed by atoms with van der Waals surface area (Å²) in [6.07, 6.45) is 0. The minimum atomic E-state index is -3.43. The maximum Gasteiger partial charge on any atom is 0.243 e. The summed E-state index contributed by atoms with van der Waals surface area (Å²) in [6.45, 7) is 5.88. The van der Waals surface area contributed by atoms with Crippen molar-refractivity contribution in [2.24, 2.45) is 0 Å². The van der Waals surface area contributed by atoms with E-state index >= 15 is 0 Å². The molecule has 21 heavy (non-hydrogen) atoms. The first kappa shape index (κ1) is 16.2. The Balaban J connectivity index is 2.19. The molecule has 1 saturated heterocycles. The zero-order chi connectivity index (χ0) is 15.6. The van der Waals surface area contributed by atoms with Gasteiger partial charge in [-0.2, -0.15) is 4.31 Å². The summed E-state index contributed by atoms with van der Waals surface area (Å²) in [4.78, 5) is 2.40. The smallest absolute Gasteiger partial charge is 0.243 e. The maximum absolute atomic E-state index is 12.8. The highest BCUT2D eigenvalue weighted by Gasteiger charge is 2.30. The molecule has 0 atom stereocenters. The van der Waals surface area contributed by atoms with Gasteiger partial charge in [-0.25, -0.2) is 8.42 Å². The first-order valence-corrected chi connectivity index (χ1v) is 8.75. The second-order valence-corrected chi connectivity index (χ2v) is 7.51. The van der Waals surface area contributed by atoms with Crippen LogP contribution in [0, 0.1) is 13.8 Å². The second-order valence-electron chi connectivity index (χ2n) is 5.22. The van der Waals surface area contributed by atoms with Crippen molar-refractivity contribution >= 4 is 27.4 Å². The molecule has 0 aliphatic carbocycles. The molecule has 1 heterocycles. The van der Waals surface area contributed by atoms with E-state index < -0.39 is 10.0 Å². The molecule has 0 amide bonds. The van der Waals surface area contributed by atoms with Crippen LogP contribution in [0.15, 0.2) is 23.1 Å². The lowest BCUT2D eigenvalue weighted by Gasteiger charge is -2.35. The van der Waals surface area contributed by atoms with Gasteiger partial charge in [-0.1, -0.05) is 12.1 Å². The van der Waals surface area contributed by atoms with Crippen LogP contribution in [0.1, 0.15) is 11.1 Å². The van der Waals surface area contributed by atoms with Gasteiger partial charge in [0.2, 0.25) is 10.0 Å². The number of hydrogen-bond acceptors (Lipinski definition) is 3. The van der Waals surface area contributed by atoms with E-state index in [9.17, 15) is 8.42 Å². The van der Waals surface area contributed by atoms with E-state index in [1.54, 1.807) is 17.4 Å². The molecule has 7 heteroatoms. The highest BCUT2D eigenvalue weighted by Crippen LogP contribution is 2.22. The fourth-order valence-corrected chi connectivity index (χ4v) is 4.33. The topological polar surface area (TPSA) is 52.6 Å². The van der Waals surface area contributed by atoms with Gasteiger partial charge in [0, 0.05) is 33.2 Å². The average molecular weight is 327 g/mol. The highest BCUT2D eigenvalue weighted by molar-refractivity contribution is 7.89. The van der Waals surface area contributed by atoms with Gasteiger partial charge in [-0.3, -0.25) is 0 Å². The molecule has 0 spiro atoms. The molecule has 1 aliphatic rings. The van der Waals surface area contributed by atoms with Crippen molar-refractivity contribution < 1.29 is 8.42 Å². The first-order chi connectivity index (χ1) is 9.86. The van der Waals surface area contributed by atoms with Crippen LogP contribution in [-0.4, -0.2) is 56.0 Å². The van der Waals surface area contributed by atoms with Gasteiger partial charge in [0.15, 0.2) is 5.11 Å². The monoisotopic (exact) mass is 327 g/mol. The molecular formula is C14H21N3O2S2. The average Bonchev–Trinajstić information content (AvgIpc) is 2.49. The van der Waals surface area contributed by atoms with Crippen molar-refractivity contribution in [1.82, 2.24) is 14.5 Å². The lowest BCUT2D eigenvalue weighted by atomic mass is 10.2. The predicted octanol–water partition coefficient (Wildman–Crippen LogP) is 1.11. The highest BCUT2D eigenvalue weighted by atomic mass is 32.2. The van der Waals surface area contributed by atoms with Crippen molar-refractivity contribution in [3.05, 3.63) is 29.3 Å². The third-order valence-corrected chi connectivity index (χ3v) is 6.20. The fourth-order valence-electron chi connectivity index (χ4n) is 2.41. The minimum absolute atomic E-state index is 0.409. The van der Waals surface area contributed by atoms with E-state index in [4.69, 9.17) is 12.2 Å². The number of benzene rings is 1. The van der Waals surface area contributed by atoms with Crippen LogP contribution in [-0.2, 0) is 10.0 Å². The van der Waals surface area contributed by atoms with Gasteiger partial charge >= 0.3 is 0 Å². The van der Waals surface area contributed by atoms with Gasteiger partial charge in [0.1, 0.15) is 0 Å². The van der Waals surface area contributed by atoms with Crippen molar-refractivity contribution in [2.75, 3.05) is 33.2 Å². The third-order valence-electron chi connectivity index (χ3n) is 3.70. The molecule has 1 aromatic rings. The van der Waals surface area contributed by atoms with Crippen molar-refractivity contribution in [3.8, 4) is 0 Å². The Bertz CT molecular complexity index is 636. The van der Waals surface area contributed by atoms with E-state index in [0.29, 0.717) is 36.2 Å². The van der Waals surface area contributed by atoms with Crippen LogP contribution in [0.5, 0.6) is 0 Å². The van der Waals surface area contributed by atoms with Gasteiger partial charge in [-0.05, 0) is 43.3 Å². The van der Waals surface area contributed by atoms with Crippen molar-refractivity contribution in [3.63, 3.8) is 0 Å². The summed E-state index contributed by atoms with van der Waals surface area (Å²) >= 11 is 5.19. The van der Waals surface area contributed by atoms with Crippen LogP contribution in [0.4, 0.5) is 0 Å². The largest absolute Gasteiger partial charge is 0.366 e. The zero-order valence-corrected chi connectivity index (χ0v) is 14.2. The molecule has 1 aliphatic heterocycles. The summed E-state index contributed by atoms with van der Waals surface area (Å²) in [7, 11) is -1.65. The SMILES string of the molecule is CNC(=S)N1CCN(S(=O)(=O)c2cc(C)ccc2C)CC1. The van der Waals surface area contributed by atoms with E-state index in [0.717, 1.165) is 11.1 Å². The molecular weight excluding hydrogens is 306 g/mol. The number of sulfonamides is 1. The number of thiocarbonyl (C=S) groups is 1. The Kier molecular flexibility index (Phi) is 4.85. The zero-order valence-electron chi connectivity index (χ0n) is 12.6. The molecule has 116 valence electrons. The standard InChI is InChI=1S/C14H21N3O2S2/c1-11-4-5-12(2)13(10-11)21(18,19)17-8-6-16(7-9-17)14(20)15-3/h4-5,10H,6-9H2,1-3H3,(H,15,20). The molecule has 2 rings (SSSR count). The Hall–Kier alpha value is -1.18. The summed E-state index contributed by atoms with van der Waals surface area (Å²) < 4.78 is 27.1. The van der Waals surface area contributed by atoms with Crippen molar-refractivity contribution in [2.45, 2.75) is 18.7 Å².